The molecule has 2 heterocycles. The van der Waals surface area contributed by atoms with Crippen LogP contribution in [-0.2, 0) is 0 Å². The Hall–Kier alpha value is -3.23. The molecule has 142 valence electrons. The highest BCUT2D eigenvalue weighted by Gasteiger charge is 2.36. The number of carbonyl (C=O) groups is 2. The second kappa shape index (κ2) is 6.40. The first-order valence-corrected chi connectivity index (χ1v) is 9.54. The standard InChI is InChI=1S/C20H8ClF2N3O2S/c21-13-8-15(23)14(22)7-12(13)17-24-25-20(29-17)26-18(27)10-5-1-3-9-4-2-6-11(16(9)10)19(26)28/h1-8H. The van der Waals surface area contributed by atoms with Crippen molar-refractivity contribution in [1.82, 2.24) is 10.2 Å². The molecule has 1 aliphatic rings. The third-order valence-corrected chi connectivity index (χ3v) is 5.87. The molecule has 9 heteroatoms. The third-order valence-electron chi connectivity index (χ3n) is 4.62. The van der Waals surface area contributed by atoms with Gasteiger partial charge in [0.25, 0.3) is 11.8 Å². The van der Waals surface area contributed by atoms with Gasteiger partial charge in [-0.3, -0.25) is 9.59 Å². The van der Waals surface area contributed by atoms with Crippen LogP contribution in [-0.4, -0.2) is 22.0 Å². The molecule has 0 saturated heterocycles. The average Bonchev–Trinajstić information content (AvgIpc) is 3.18. The van der Waals surface area contributed by atoms with E-state index in [4.69, 9.17) is 11.6 Å². The van der Waals surface area contributed by atoms with Crippen LogP contribution in [0.15, 0.2) is 48.5 Å². The monoisotopic (exact) mass is 427 g/mol. The van der Waals surface area contributed by atoms with E-state index in [0.29, 0.717) is 16.5 Å². The van der Waals surface area contributed by atoms with E-state index in [0.717, 1.165) is 33.8 Å². The van der Waals surface area contributed by atoms with Crippen LogP contribution in [0.4, 0.5) is 13.9 Å². The molecule has 0 aliphatic carbocycles. The molecule has 0 N–H and O–H groups in total. The van der Waals surface area contributed by atoms with Crippen LogP contribution in [0, 0.1) is 11.6 Å². The largest absolute Gasteiger partial charge is 0.268 e. The number of imide groups is 1. The van der Waals surface area contributed by atoms with Crippen LogP contribution in [0.25, 0.3) is 21.3 Å². The van der Waals surface area contributed by atoms with E-state index in [1.54, 1.807) is 24.3 Å². The van der Waals surface area contributed by atoms with Crippen LogP contribution in [0.3, 0.4) is 0 Å². The number of aromatic nitrogens is 2. The molecule has 5 nitrogen and oxygen atoms in total. The average molecular weight is 428 g/mol. The Labute approximate surface area is 171 Å². The molecule has 0 radical (unpaired) electrons. The second-order valence-electron chi connectivity index (χ2n) is 6.29. The van der Waals surface area contributed by atoms with Gasteiger partial charge in [0.2, 0.25) is 5.13 Å². The van der Waals surface area contributed by atoms with Gasteiger partial charge >= 0.3 is 0 Å². The van der Waals surface area contributed by atoms with Gasteiger partial charge in [0, 0.05) is 22.1 Å². The SMILES string of the molecule is O=C1c2cccc3cccc(c23)C(=O)N1c1nnc(-c2cc(F)c(F)cc2Cl)s1. The third kappa shape index (κ3) is 2.64. The Morgan fingerprint density at radius 2 is 1.48 bits per heavy atom. The lowest BCUT2D eigenvalue weighted by Crippen LogP contribution is -2.40. The summed E-state index contributed by atoms with van der Waals surface area (Å²) < 4.78 is 27.0. The van der Waals surface area contributed by atoms with Crippen molar-refractivity contribution in [3.8, 4) is 10.6 Å². The van der Waals surface area contributed by atoms with Crippen molar-refractivity contribution in [3.05, 3.63) is 76.3 Å². The number of carbonyl (C=O) groups excluding carboxylic acids is 2. The minimum atomic E-state index is -1.09. The Morgan fingerprint density at radius 1 is 0.862 bits per heavy atom. The van der Waals surface area contributed by atoms with Crippen molar-refractivity contribution >= 4 is 50.7 Å². The summed E-state index contributed by atoms with van der Waals surface area (Å²) in [5, 5.41) is 9.33. The molecule has 1 aliphatic heterocycles. The molecular weight excluding hydrogens is 420 g/mol. The number of rotatable bonds is 2. The number of anilines is 1. The summed E-state index contributed by atoms with van der Waals surface area (Å²) in [6.45, 7) is 0. The van der Waals surface area contributed by atoms with E-state index in [1.807, 2.05) is 12.1 Å². The predicted molar refractivity (Wildman–Crippen MR) is 105 cm³/mol. The van der Waals surface area contributed by atoms with Crippen LogP contribution >= 0.6 is 22.9 Å². The fraction of sp³-hybridized carbons (Fsp3) is 0. The van der Waals surface area contributed by atoms with Gasteiger partial charge < -0.3 is 0 Å². The minimum Gasteiger partial charge on any atom is -0.268 e. The van der Waals surface area contributed by atoms with Crippen molar-refractivity contribution in [3.63, 3.8) is 0 Å². The maximum atomic E-state index is 13.6. The van der Waals surface area contributed by atoms with E-state index in [9.17, 15) is 18.4 Å². The first kappa shape index (κ1) is 17.8. The lowest BCUT2D eigenvalue weighted by atomic mass is 9.94. The van der Waals surface area contributed by atoms with Gasteiger partial charge in [-0.2, -0.15) is 0 Å². The van der Waals surface area contributed by atoms with E-state index in [-0.39, 0.29) is 20.7 Å². The highest BCUT2D eigenvalue weighted by Crippen LogP contribution is 2.38. The van der Waals surface area contributed by atoms with Gasteiger partial charge in [0.15, 0.2) is 16.6 Å². The van der Waals surface area contributed by atoms with Crippen LogP contribution in [0.1, 0.15) is 20.7 Å². The summed E-state index contributed by atoms with van der Waals surface area (Å²) in [5.41, 5.74) is 0.870. The summed E-state index contributed by atoms with van der Waals surface area (Å²) in [5.74, 6) is -3.24. The van der Waals surface area contributed by atoms with E-state index in [2.05, 4.69) is 10.2 Å². The second-order valence-corrected chi connectivity index (χ2v) is 7.65. The lowest BCUT2D eigenvalue weighted by molar-refractivity contribution is 0.0893. The Morgan fingerprint density at radius 3 is 2.14 bits per heavy atom. The fourth-order valence-electron chi connectivity index (χ4n) is 3.31. The highest BCUT2D eigenvalue weighted by atomic mass is 35.5. The maximum Gasteiger partial charge on any atom is 0.267 e. The first-order valence-electron chi connectivity index (χ1n) is 8.34. The van der Waals surface area contributed by atoms with Crippen molar-refractivity contribution in [1.29, 1.82) is 0 Å². The molecule has 4 aromatic rings. The molecule has 0 spiro atoms. The Balaban J connectivity index is 1.62. The van der Waals surface area contributed by atoms with Gasteiger partial charge in [-0.25, -0.2) is 13.7 Å². The molecule has 2 amide bonds. The summed E-state index contributed by atoms with van der Waals surface area (Å²) >= 11 is 6.88. The molecule has 0 saturated carbocycles. The van der Waals surface area contributed by atoms with Gasteiger partial charge in [-0.15, -0.1) is 10.2 Å². The Bertz CT molecular complexity index is 1300. The fourth-order valence-corrected chi connectivity index (χ4v) is 4.47. The van der Waals surface area contributed by atoms with Gasteiger partial charge in [0.05, 0.1) is 5.02 Å². The van der Waals surface area contributed by atoms with Crippen molar-refractivity contribution in [2.75, 3.05) is 4.90 Å². The van der Waals surface area contributed by atoms with Crippen LogP contribution < -0.4 is 4.90 Å². The lowest BCUT2D eigenvalue weighted by Gasteiger charge is -2.24. The normalized spacial score (nSPS) is 13.4. The summed E-state index contributed by atoms with van der Waals surface area (Å²) in [6.07, 6.45) is 0. The van der Waals surface area contributed by atoms with Crippen LogP contribution in [0.5, 0.6) is 0 Å². The molecule has 0 bridgehead atoms. The number of hydrogen-bond donors (Lipinski definition) is 0. The molecule has 0 atom stereocenters. The quantitative estimate of drug-likeness (QED) is 0.330. The maximum absolute atomic E-state index is 13.6. The molecule has 0 fully saturated rings. The van der Waals surface area contributed by atoms with Crippen LogP contribution in [0.2, 0.25) is 5.02 Å². The minimum absolute atomic E-state index is 0.0160. The number of benzene rings is 3. The van der Waals surface area contributed by atoms with Gasteiger partial charge in [-0.05, 0) is 29.7 Å². The zero-order valence-electron chi connectivity index (χ0n) is 14.3. The number of nitrogens with zero attached hydrogens (tertiary/aromatic N) is 3. The Kier molecular flexibility index (Phi) is 3.94. The highest BCUT2D eigenvalue weighted by molar-refractivity contribution is 7.19. The number of hydrogen-bond acceptors (Lipinski definition) is 5. The van der Waals surface area contributed by atoms with E-state index < -0.39 is 23.4 Å². The van der Waals surface area contributed by atoms with E-state index in [1.165, 1.54) is 0 Å². The summed E-state index contributed by atoms with van der Waals surface area (Å²) in [7, 11) is 0. The predicted octanol–water partition coefficient (Wildman–Crippen LogP) is 5.09. The summed E-state index contributed by atoms with van der Waals surface area (Å²) in [4.78, 5) is 27.0. The zero-order valence-corrected chi connectivity index (χ0v) is 15.9. The van der Waals surface area contributed by atoms with Crippen molar-refractivity contribution < 1.29 is 18.4 Å². The number of halogens is 3. The number of amides is 2. The molecule has 5 rings (SSSR count). The van der Waals surface area contributed by atoms with Gasteiger partial charge in [0.1, 0.15) is 0 Å². The zero-order chi connectivity index (χ0) is 20.3. The first-order chi connectivity index (χ1) is 14.0. The molecule has 3 aromatic carbocycles. The van der Waals surface area contributed by atoms with Crippen molar-refractivity contribution in [2.24, 2.45) is 0 Å². The van der Waals surface area contributed by atoms with E-state index >= 15 is 0 Å². The topological polar surface area (TPSA) is 63.2 Å². The molecular formula is C20H8ClF2N3O2S. The van der Waals surface area contributed by atoms with Crippen molar-refractivity contribution in [2.45, 2.75) is 0 Å². The smallest absolute Gasteiger partial charge is 0.267 e. The summed E-state index contributed by atoms with van der Waals surface area (Å²) in [6, 6.07) is 12.1. The molecule has 29 heavy (non-hydrogen) atoms. The molecule has 0 unspecified atom stereocenters. The molecule has 1 aromatic heterocycles. The van der Waals surface area contributed by atoms with Gasteiger partial charge in [-0.1, -0.05) is 47.2 Å².